The summed E-state index contributed by atoms with van der Waals surface area (Å²) >= 11 is 0. The molecule has 27 heavy (non-hydrogen) atoms. The molecule has 1 heterocycles. The molecule has 4 rings (SSSR count). The van der Waals surface area contributed by atoms with Crippen LogP contribution < -0.4 is 0 Å². The Bertz CT molecular complexity index is 816. The van der Waals surface area contributed by atoms with Crippen molar-refractivity contribution in [1.29, 1.82) is 0 Å². The molecule has 0 aromatic heterocycles. The Labute approximate surface area is 160 Å². The average molecular weight is 365 g/mol. The average Bonchev–Trinajstić information content (AvgIpc) is 3.11. The lowest BCUT2D eigenvalue weighted by Crippen LogP contribution is -2.34. The van der Waals surface area contributed by atoms with Crippen LogP contribution >= 0.6 is 0 Å². The minimum absolute atomic E-state index is 0.0881. The van der Waals surface area contributed by atoms with Gasteiger partial charge < -0.3 is 10.2 Å². The Morgan fingerprint density at radius 2 is 1.70 bits per heavy atom. The van der Waals surface area contributed by atoms with Crippen molar-refractivity contribution in [1.82, 2.24) is 4.90 Å². The number of hydrogen-bond acceptors (Lipinski definition) is 4. The largest absolute Gasteiger partial charge is 0.508 e. The van der Waals surface area contributed by atoms with Crippen molar-refractivity contribution in [2.45, 2.75) is 31.8 Å². The molecule has 2 aliphatic rings. The molecule has 4 nitrogen and oxygen atoms in total. The molecule has 2 N–H and O–H groups in total. The van der Waals surface area contributed by atoms with Gasteiger partial charge in [0.1, 0.15) is 5.75 Å². The Balaban J connectivity index is 1.34. The van der Waals surface area contributed by atoms with Crippen LogP contribution in [0.5, 0.6) is 5.75 Å². The van der Waals surface area contributed by atoms with Gasteiger partial charge in [-0.25, -0.2) is 0 Å². The van der Waals surface area contributed by atoms with Gasteiger partial charge in [0.25, 0.3) is 0 Å². The molecule has 0 unspecified atom stereocenters. The predicted molar refractivity (Wildman–Crippen MR) is 105 cm³/mol. The fourth-order valence-electron chi connectivity index (χ4n) is 4.94. The van der Waals surface area contributed by atoms with Crippen LogP contribution in [0.25, 0.3) is 0 Å². The van der Waals surface area contributed by atoms with Crippen LogP contribution in [0.3, 0.4) is 0 Å². The van der Waals surface area contributed by atoms with Crippen LogP contribution in [-0.4, -0.2) is 46.1 Å². The van der Waals surface area contributed by atoms with E-state index in [4.69, 9.17) is 0 Å². The van der Waals surface area contributed by atoms with Gasteiger partial charge in [0.2, 0.25) is 0 Å². The maximum absolute atomic E-state index is 12.5. The second-order valence-corrected chi connectivity index (χ2v) is 8.42. The smallest absolute Gasteiger partial charge is 0.176 e. The quantitative estimate of drug-likeness (QED) is 0.799. The normalized spacial score (nSPS) is 27.6. The first-order valence-corrected chi connectivity index (χ1v) is 9.73. The van der Waals surface area contributed by atoms with E-state index >= 15 is 0 Å². The number of aliphatic hydroxyl groups is 1. The third kappa shape index (κ3) is 3.92. The lowest BCUT2D eigenvalue weighted by atomic mass is 9.89. The molecule has 3 atom stereocenters. The molecule has 0 bridgehead atoms. The van der Waals surface area contributed by atoms with Gasteiger partial charge in [-0.15, -0.1) is 0 Å². The summed E-state index contributed by atoms with van der Waals surface area (Å²) in [7, 11) is 0. The number of likely N-dealkylation sites (tertiary alicyclic amines) is 1. The minimum Gasteiger partial charge on any atom is -0.508 e. The Kier molecular flexibility index (Phi) is 4.79. The Morgan fingerprint density at radius 3 is 2.33 bits per heavy atom. The maximum Gasteiger partial charge on any atom is 0.176 e. The molecule has 1 saturated heterocycles. The van der Waals surface area contributed by atoms with Gasteiger partial charge in [-0.2, -0.15) is 0 Å². The molecule has 2 aromatic carbocycles. The number of benzene rings is 2. The molecule has 2 fully saturated rings. The van der Waals surface area contributed by atoms with Crippen LogP contribution in [0.4, 0.5) is 0 Å². The van der Waals surface area contributed by atoms with Crippen molar-refractivity contribution in [3.05, 3.63) is 65.2 Å². The van der Waals surface area contributed by atoms with Crippen LogP contribution in [0.1, 0.15) is 34.3 Å². The number of nitrogens with zero attached hydrogens (tertiary/aromatic N) is 1. The van der Waals surface area contributed by atoms with E-state index < -0.39 is 5.60 Å². The fourth-order valence-corrected chi connectivity index (χ4v) is 4.94. The first kappa shape index (κ1) is 18.2. The summed E-state index contributed by atoms with van der Waals surface area (Å²) in [4.78, 5) is 14.7. The van der Waals surface area contributed by atoms with Gasteiger partial charge in [-0.1, -0.05) is 24.3 Å². The van der Waals surface area contributed by atoms with Gasteiger partial charge in [0.15, 0.2) is 5.78 Å². The summed E-state index contributed by atoms with van der Waals surface area (Å²) in [5, 5.41) is 20.5. The molecule has 0 spiro atoms. The van der Waals surface area contributed by atoms with Crippen LogP contribution in [0, 0.1) is 18.8 Å². The van der Waals surface area contributed by atoms with E-state index in [1.165, 1.54) is 11.1 Å². The number of ketones is 1. The number of fused-ring (bicyclic) bond motifs is 1. The maximum atomic E-state index is 12.5. The van der Waals surface area contributed by atoms with Crippen LogP contribution in [0.2, 0.25) is 0 Å². The van der Waals surface area contributed by atoms with Gasteiger partial charge in [-0.05, 0) is 67.0 Å². The summed E-state index contributed by atoms with van der Waals surface area (Å²) in [6.07, 6.45) is 2.35. The van der Waals surface area contributed by atoms with Crippen molar-refractivity contribution in [2.24, 2.45) is 11.8 Å². The van der Waals surface area contributed by atoms with E-state index in [0.29, 0.717) is 23.9 Å². The fraction of sp³-hybridized carbons (Fsp3) is 0.435. The van der Waals surface area contributed by atoms with E-state index in [0.717, 1.165) is 32.4 Å². The third-order valence-electron chi connectivity index (χ3n) is 6.27. The van der Waals surface area contributed by atoms with Gasteiger partial charge >= 0.3 is 0 Å². The van der Waals surface area contributed by atoms with E-state index in [2.05, 4.69) is 24.0 Å². The van der Waals surface area contributed by atoms with E-state index in [1.807, 2.05) is 12.1 Å². The molecular weight excluding hydrogens is 338 g/mol. The van der Waals surface area contributed by atoms with Crippen LogP contribution in [-0.2, 0) is 6.42 Å². The Hall–Kier alpha value is -2.17. The van der Waals surface area contributed by atoms with Crippen molar-refractivity contribution >= 4 is 5.78 Å². The second-order valence-electron chi connectivity index (χ2n) is 8.42. The van der Waals surface area contributed by atoms with Gasteiger partial charge in [0, 0.05) is 25.1 Å². The zero-order valence-corrected chi connectivity index (χ0v) is 15.8. The van der Waals surface area contributed by atoms with E-state index in [-0.39, 0.29) is 11.5 Å². The zero-order chi connectivity index (χ0) is 19.0. The minimum atomic E-state index is -0.617. The van der Waals surface area contributed by atoms with Crippen molar-refractivity contribution in [3.63, 3.8) is 0 Å². The molecule has 2 aromatic rings. The van der Waals surface area contributed by atoms with Gasteiger partial charge in [-0.3, -0.25) is 9.69 Å². The number of aromatic hydroxyl groups is 1. The molecule has 1 saturated carbocycles. The predicted octanol–water partition coefficient (Wildman–Crippen LogP) is 3.20. The molecule has 0 radical (unpaired) electrons. The number of carbonyl (C=O) groups is 1. The topological polar surface area (TPSA) is 60.8 Å². The number of Topliss-reactive ketones (excluding diaryl/α,β-unsaturated/α-hetero) is 1. The highest BCUT2D eigenvalue weighted by Gasteiger charge is 2.48. The summed E-state index contributed by atoms with van der Waals surface area (Å²) in [5.41, 5.74) is 2.50. The van der Waals surface area contributed by atoms with Crippen molar-refractivity contribution in [2.75, 3.05) is 19.6 Å². The molecular formula is C23H27NO3. The molecule has 1 aliphatic heterocycles. The SMILES string of the molecule is Cc1ccccc1C[C@]1(O)C[C@H]2CN(CC(=O)c3ccc(O)cc3)C[C@H]2C1. The highest BCUT2D eigenvalue weighted by molar-refractivity contribution is 5.97. The standard InChI is InChI=1S/C23H27NO3/c1-16-4-2-3-5-18(16)10-23(27)11-19-13-24(14-20(19)12-23)15-22(26)17-6-8-21(25)9-7-17/h2-9,19-20,25,27H,10-15H2,1H3/t19-,20+,23-. The number of phenolic OH excluding ortho intramolecular Hbond substituents is 1. The number of hydrogen-bond donors (Lipinski definition) is 2. The molecule has 142 valence electrons. The summed E-state index contributed by atoms with van der Waals surface area (Å²) in [5.74, 6) is 1.19. The second kappa shape index (κ2) is 7.10. The number of carbonyl (C=O) groups excluding carboxylic acids is 1. The highest BCUT2D eigenvalue weighted by atomic mass is 16.3. The van der Waals surface area contributed by atoms with E-state index in [1.54, 1.807) is 24.3 Å². The third-order valence-corrected chi connectivity index (χ3v) is 6.27. The Morgan fingerprint density at radius 1 is 1.07 bits per heavy atom. The van der Waals surface area contributed by atoms with Crippen molar-refractivity contribution in [3.8, 4) is 5.75 Å². The number of phenols is 1. The summed E-state index contributed by atoms with van der Waals surface area (Å²) in [6.45, 7) is 4.27. The molecule has 0 amide bonds. The molecule has 1 aliphatic carbocycles. The lowest BCUT2D eigenvalue weighted by molar-refractivity contribution is 0.0354. The highest BCUT2D eigenvalue weighted by Crippen LogP contribution is 2.45. The van der Waals surface area contributed by atoms with Crippen molar-refractivity contribution < 1.29 is 15.0 Å². The molecule has 4 heteroatoms. The van der Waals surface area contributed by atoms with Crippen LogP contribution in [0.15, 0.2) is 48.5 Å². The number of rotatable bonds is 5. The van der Waals surface area contributed by atoms with E-state index in [9.17, 15) is 15.0 Å². The van der Waals surface area contributed by atoms with Gasteiger partial charge in [0.05, 0.1) is 12.1 Å². The summed E-state index contributed by atoms with van der Waals surface area (Å²) in [6, 6.07) is 14.8. The first-order valence-electron chi connectivity index (χ1n) is 9.73. The zero-order valence-electron chi connectivity index (χ0n) is 15.8. The number of aryl methyl sites for hydroxylation is 1. The lowest BCUT2D eigenvalue weighted by Gasteiger charge is -2.26. The first-order chi connectivity index (χ1) is 12.9. The summed E-state index contributed by atoms with van der Waals surface area (Å²) < 4.78 is 0. The monoisotopic (exact) mass is 365 g/mol.